The number of hydrogen-bond acceptors (Lipinski definition) is 10. The molecule has 4 rings (SSSR count). The van der Waals surface area contributed by atoms with E-state index in [0.717, 1.165) is 6.07 Å². The number of ether oxygens (including phenoxy) is 4. The molecule has 10 nitrogen and oxygen atoms in total. The maximum Gasteiger partial charge on any atom is 0.491 e. The second-order valence-electron chi connectivity index (χ2n) is 7.17. The molecule has 0 aliphatic heterocycles. The fourth-order valence-electron chi connectivity index (χ4n) is 3.40. The number of aromatic nitrogens is 4. The Morgan fingerprint density at radius 2 is 1.56 bits per heavy atom. The van der Waals surface area contributed by atoms with Crippen LogP contribution < -0.4 is 24.3 Å². The molecule has 0 aliphatic rings. The summed E-state index contributed by atoms with van der Waals surface area (Å²) in [6, 6.07) is 5.10. The Morgan fingerprint density at radius 1 is 0.889 bits per heavy atom. The Bertz CT molecular complexity index is 1500. The molecule has 0 spiro atoms. The van der Waals surface area contributed by atoms with Gasteiger partial charge in [-0.15, -0.1) is 0 Å². The van der Waals surface area contributed by atoms with Gasteiger partial charge in [0, 0.05) is 5.39 Å². The first-order valence-electron chi connectivity index (χ1n) is 10.1. The van der Waals surface area contributed by atoms with Crippen LogP contribution in [0.15, 0.2) is 24.3 Å². The molecule has 188 valence electrons. The zero-order valence-corrected chi connectivity index (χ0v) is 19.2. The molecule has 0 fully saturated rings. The van der Waals surface area contributed by atoms with Crippen molar-refractivity contribution in [2.75, 3.05) is 26.6 Å². The van der Waals surface area contributed by atoms with Gasteiger partial charge in [-0.05, 0) is 25.1 Å². The highest BCUT2D eigenvalue weighted by Gasteiger charge is 2.42. The highest BCUT2D eigenvalue weighted by Crippen LogP contribution is 2.43. The summed E-state index contributed by atoms with van der Waals surface area (Å²) in [5, 5.41) is 2.93. The van der Waals surface area contributed by atoms with E-state index in [1.807, 2.05) is 0 Å². The van der Waals surface area contributed by atoms with Gasteiger partial charge in [0.1, 0.15) is 16.9 Å². The van der Waals surface area contributed by atoms with Crippen molar-refractivity contribution in [2.45, 2.75) is 13.1 Å². The van der Waals surface area contributed by atoms with E-state index in [1.165, 1.54) is 33.5 Å². The molecule has 0 atom stereocenters. The van der Waals surface area contributed by atoms with E-state index in [-0.39, 0.29) is 28.4 Å². The van der Waals surface area contributed by atoms with Crippen LogP contribution in [-0.4, -0.2) is 53.4 Å². The van der Waals surface area contributed by atoms with Gasteiger partial charge < -0.3 is 18.9 Å². The molecular weight excluding hydrogens is 490 g/mol. The maximum absolute atomic E-state index is 14.4. The second kappa shape index (κ2) is 9.28. The van der Waals surface area contributed by atoms with Crippen molar-refractivity contribution in [3.05, 3.63) is 35.8 Å². The Balaban J connectivity index is 1.85. The number of benzene rings is 2. The summed E-state index contributed by atoms with van der Waals surface area (Å²) in [5.74, 6) is -3.86. The lowest BCUT2D eigenvalue weighted by molar-refractivity contribution is -0.189. The van der Waals surface area contributed by atoms with E-state index in [9.17, 15) is 22.4 Å². The summed E-state index contributed by atoms with van der Waals surface area (Å²) in [4.78, 5) is 27.9. The van der Waals surface area contributed by atoms with Gasteiger partial charge in [-0.2, -0.15) is 18.2 Å². The number of carbonyl (C=O) groups is 1. The smallest absolute Gasteiger partial charge is 0.491 e. The van der Waals surface area contributed by atoms with Crippen molar-refractivity contribution >= 4 is 39.7 Å². The zero-order valence-electron chi connectivity index (χ0n) is 19.2. The van der Waals surface area contributed by atoms with E-state index >= 15 is 0 Å². The number of aryl methyl sites for hydroxylation is 1. The molecule has 0 unspecified atom stereocenters. The molecule has 0 bridgehead atoms. The average Bonchev–Trinajstić information content (AvgIpc) is 2.83. The molecule has 2 heterocycles. The molecule has 1 N–H and O–H groups in total. The van der Waals surface area contributed by atoms with Gasteiger partial charge in [0.2, 0.25) is 23.5 Å². The van der Waals surface area contributed by atoms with Gasteiger partial charge in [0.25, 0.3) is 0 Å². The van der Waals surface area contributed by atoms with Crippen LogP contribution in [0.3, 0.4) is 0 Å². The number of fused-ring (bicyclic) bond motifs is 2. The molecule has 0 saturated carbocycles. The van der Waals surface area contributed by atoms with Crippen molar-refractivity contribution in [3.63, 3.8) is 0 Å². The van der Waals surface area contributed by atoms with Crippen molar-refractivity contribution in [1.29, 1.82) is 0 Å². The van der Waals surface area contributed by atoms with Crippen LogP contribution in [0.5, 0.6) is 23.1 Å². The molecule has 0 aliphatic carbocycles. The first kappa shape index (κ1) is 24.6. The van der Waals surface area contributed by atoms with E-state index in [1.54, 1.807) is 13.0 Å². The fourth-order valence-corrected chi connectivity index (χ4v) is 3.40. The lowest BCUT2D eigenvalue weighted by atomic mass is 10.1. The van der Waals surface area contributed by atoms with Crippen LogP contribution in [0, 0.1) is 12.7 Å². The van der Waals surface area contributed by atoms with Crippen molar-refractivity contribution in [1.82, 2.24) is 19.9 Å². The van der Waals surface area contributed by atoms with Gasteiger partial charge in [0.15, 0.2) is 11.5 Å². The third kappa shape index (κ3) is 4.44. The van der Waals surface area contributed by atoms with Gasteiger partial charge in [0.05, 0.1) is 32.4 Å². The van der Waals surface area contributed by atoms with E-state index in [4.69, 9.17) is 14.2 Å². The first-order chi connectivity index (χ1) is 17.1. The number of nitrogens with one attached hydrogen (secondary N) is 1. The Kier molecular flexibility index (Phi) is 6.35. The highest BCUT2D eigenvalue weighted by atomic mass is 19.4. The maximum atomic E-state index is 14.4. The van der Waals surface area contributed by atoms with Crippen LogP contribution in [0.1, 0.15) is 5.69 Å². The molecule has 14 heteroatoms. The van der Waals surface area contributed by atoms with E-state index in [2.05, 4.69) is 30.0 Å². The van der Waals surface area contributed by atoms with Crippen molar-refractivity contribution < 1.29 is 41.3 Å². The average molecular weight is 507 g/mol. The van der Waals surface area contributed by atoms with Gasteiger partial charge in [-0.1, -0.05) is 6.07 Å². The minimum atomic E-state index is -5.30. The molecule has 0 amide bonds. The summed E-state index contributed by atoms with van der Waals surface area (Å²) >= 11 is 0. The third-order valence-corrected chi connectivity index (χ3v) is 4.97. The van der Waals surface area contributed by atoms with Gasteiger partial charge in [-0.25, -0.2) is 24.1 Å². The van der Waals surface area contributed by atoms with Crippen LogP contribution in [0.4, 0.5) is 29.5 Å². The molecular formula is C22H17F4N5O5. The summed E-state index contributed by atoms with van der Waals surface area (Å²) in [5.41, 5.74) is 0.375. The highest BCUT2D eigenvalue weighted by molar-refractivity contribution is 5.92. The number of para-hydroxylation sites is 1. The number of nitrogens with zero attached hydrogens (tertiary/aromatic N) is 4. The van der Waals surface area contributed by atoms with Gasteiger partial charge in [-0.3, -0.25) is 5.32 Å². The minimum Gasteiger partial charge on any atom is -0.493 e. The normalized spacial score (nSPS) is 11.4. The molecule has 2 aromatic carbocycles. The third-order valence-electron chi connectivity index (χ3n) is 4.97. The Morgan fingerprint density at radius 3 is 2.19 bits per heavy atom. The summed E-state index contributed by atoms with van der Waals surface area (Å²) in [6.07, 6.45) is -5.30. The number of halogens is 4. The monoisotopic (exact) mass is 507 g/mol. The second-order valence-corrected chi connectivity index (χ2v) is 7.17. The summed E-state index contributed by atoms with van der Waals surface area (Å²) in [6.45, 7) is 1.66. The Labute approximate surface area is 200 Å². The molecule has 36 heavy (non-hydrogen) atoms. The van der Waals surface area contributed by atoms with Crippen LogP contribution in [-0.2, 0) is 4.79 Å². The van der Waals surface area contributed by atoms with E-state index < -0.39 is 29.8 Å². The quantitative estimate of drug-likeness (QED) is 0.300. The number of alkyl halides is 3. The van der Waals surface area contributed by atoms with Crippen molar-refractivity contribution in [3.8, 4) is 23.1 Å². The van der Waals surface area contributed by atoms with Crippen LogP contribution in [0.2, 0.25) is 0 Å². The topological polar surface area (TPSA) is 118 Å². The predicted molar refractivity (Wildman–Crippen MR) is 118 cm³/mol. The standard InChI is InChI=1S/C22H17F4N5O5/c1-9-11-8-13(33-2)16(34-3)17(35-4)15(11)29-20(27-9)31-21-28-14-10(6-5-7-12(14)23)18(30-21)36-19(32)22(24,25)26/h5-8H,1-4H3,(H,27,28,29,30,31). The summed E-state index contributed by atoms with van der Waals surface area (Å²) < 4.78 is 73.3. The number of hydrogen-bond donors (Lipinski definition) is 1. The van der Waals surface area contributed by atoms with Crippen LogP contribution in [0.25, 0.3) is 21.8 Å². The SMILES string of the molecule is COc1cc2c(C)nc(Nc3nc(OC(=O)C(F)(F)F)c4cccc(F)c4n3)nc2c(OC)c1OC. The molecule has 2 aromatic heterocycles. The summed E-state index contributed by atoms with van der Waals surface area (Å²) in [7, 11) is 4.27. The first-order valence-corrected chi connectivity index (χ1v) is 10.1. The number of anilines is 2. The lowest BCUT2D eigenvalue weighted by Gasteiger charge is -2.16. The lowest BCUT2D eigenvalue weighted by Crippen LogP contribution is -2.28. The predicted octanol–water partition coefficient (Wildman–Crippen LogP) is 4.26. The van der Waals surface area contributed by atoms with E-state index in [0.29, 0.717) is 22.3 Å². The molecule has 0 radical (unpaired) electrons. The number of rotatable bonds is 6. The largest absolute Gasteiger partial charge is 0.493 e. The van der Waals surface area contributed by atoms with Gasteiger partial charge >= 0.3 is 12.1 Å². The Hall–Kier alpha value is -4.49. The number of carbonyl (C=O) groups excluding carboxylic acids is 1. The number of methoxy groups -OCH3 is 3. The van der Waals surface area contributed by atoms with Crippen molar-refractivity contribution in [2.24, 2.45) is 0 Å². The minimum absolute atomic E-state index is 0.102. The number of esters is 1. The fraction of sp³-hybridized carbons (Fsp3) is 0.227. The zero-order chi connectivity index (χ0) is 26.2. The van der Waals surface area contributed by atoms with Crippen LogP contribution >= 0.6 is 0 Å². The molecule has 0 saturated heterocycles. The molecule has 4 aromatic rings.